The molecule has 0 spiro atoms. The van der Waals surface area contributed by atoms with Crippen LogP contribution in [0.25, 0.3) is 5.69 Å². The molecule has 2 aromatic rings. The maximum atomic E-state index is 13.0. The van der Waals surface area contributed by atoms with Gasteiger partial charge in [0.05, 0.1) is 5.69 Å². The van der Waals surface area contributed by atoms with Crippen LogP contribution >= 0.6 is 0 Å². The van der Waals surface area contributed by atoms with Gasteiger partial charge in [-0.3, -0.25) is 9.59 Å². The average molecular weight is 344 g/mol. The third kappa shape index (κ3) is 4.11. The van der Waals surface area contributed by atoms with Crippen LogP contribution in [0.3, 0.4) is 0 Å². The van der Waals surface area contributed by atoms with E-state index < -0.39 is 5.82 Å². The molecule has 132 valence electrons. The number of hydrogen-bond acceptors (Lipinski definition) is 4. The molecule has 0 aliphatic carbocycles. The monoisotopic (exact) mass is 344 g/mol. The van der Waals surface area contributed by atoms with Gasteiger partial charge >= 0.3 is 0 Å². The molecule has 2 heterocycles. The number of hydrogen-bond donors (Lipinski definition) is 2. The molecule has 1 saturated heterocycles. The van der Waals surface area contributed by atoms with Gasteiger partial charge in [-0.15, -0.1) is 0 Å². The maximum Gasteiger partial charge on any atom is 0.271 e. The number of nitrogens with one attached hydrogen (secondary N) is 2. The number of carbonyl (C=O) groups is 1. The van der Waals surface area contributed by atoms with Crippen LogP contribution in [0.5, 0.6) is 0 Å². The molecule has 1 aromatic carbocycles. The number of rotatable bonds is 4. The molecule has 2 N–H and O–H groups in total. The lowest BCUT2D eigenvalue weighted by Crippen LogP contribution is -2.43. The van der Waals surface area contributed by atoms with Crippen molar-refractivity contribution in [2.75, 3.05) is 19.6 Å². The van der Waals surface area contributed by atoms with Crippen molar-refractivity contribution in [1.82, 2.24) is 20.4 Å². The number of piperidine rings is 1. The van der Waals surface area contributed by atoms with E-state index in [1.165, 1.54) is 36.4 Å². The normalized spacial score (nSPS) is 16.4. The molecular weight excluding hydrogens is 323 g/mol. The second-order valence-electron chi connectivity index (χ2n) is 6.69. The van der Waals surface area contributed by atoms with Crippen molar-refractivity contribution >= 4 is 5.91 Å². The van der Waals surface area contributed by atoms with E-state index in [1.54, 1.807) is 0 Å². The molecule has 7 heteroatoms. The zero-order valence-electron chi connectivity index (χ0n) is 14.1. The van der Waals surface area contributed by atoms with Gasteiger partial charge in [0, 0.05) is 12.6 Å². The third-order valence-corrected chi connectivity index (χ3v) is 4.59. The first kappa shape index (κ1) is 17.3. The summed E-state index contributed by atoms with van der Waals surface area (Å²) in [6.07, 6.45) is 1.99. The molecule has 3 rings (SSSR count). The second-order valence-corrected chi connectivity index (χ2v) is 6.69. The molecule has 1 fully saturated rings. The quantitative estimate of drug-likeness (QED) is 0.881. The number of nitrogens with zero attached hydrogens (tertiary/aromatic N) is 2. The molecule has 0 bridgehead atoms. The van der Waals surface area contributed by atoms with E-state index in [4.69, 9.17) is 0 Å². The lowest BCUT2D eigenvalue weighted by atomic mass is 9.81. The summed E-state index contributed by atoms with van der Waals surface area (Å²) in [6.45, 7) is 4.60. The number of carbonyl (C=O) groups excluding carboxylic acids is 1. The molecule has 1 aromatic heterocycles. The van der Waals surface area contributed by atoms with E-state index >= 15 is 0 Å². The summed E-state index contributed by atoms with van der Waals surface area (Å²) in [5.41, 5.74) is 0.244. The molecule has 6 nitrogen and oxygen atoms in total. The van der Waals surface area contributed by atoms with Crippen LogP contribution in [-0.4, -0.2) is 35.3 Å². The fraction of sp³-hybridized carbons (Fsp3) is 0.389. The van der Waals surface area contributed by atoms with Crippen LogP contribution < -0.4 is 16.2 Å². The maximum absolute atomic E-state index is 13.0. The Hall–Kier alpha value is -2.54. The minimum absolute atomic E-state index is 0.0618. The van der Waals surface area contributed by atoms with E-state index in [0.717, 1.165) is 30.6 Å². The van der Waals surface area contributed by atoms with Gasteiger partial charge in [-0.1, -0.05) is 6.92 Å². The van der Waals surface area contributed by atoms with Gasteiger partial charge in [0.1, 0.15) is 11.5 Å². The molecule has 1 aliphatic heterocycles. The van der Waals surface area contributed by atoms with Crippen molar-refractivity contribution in [3.63, 3.8) is 0 Å². The van der Waals surface area contributed by atoms with Gasteiger partial charge in [-0.05, 0) is 61.7 Å². The first-order chi connectivity index (χ1) is 12.0. The smallest absolute Gasteiger partial charge is 0.271 e. The van der Waals surface area contributed by atoms with Crippen molar-refractivity contribution in [3.8, 4) is 5.69 Å². The van der Waals surface area contributed by atoms with Gasteiger partial charge in [0.15, 0.2) is 0 Å². The van der Waals surface area contributed by atoms with Crippen molar-refractivity contribution in [3.05, 3.63) is 58.3 Å². The van der Waals surface area contributed by atoms with Crippen molar-refractivity contribution < 1.29 is 9.18 Å². The number of halogens is 1. The summed E-state index contributed by atoms with van der Waals surface area (Å²) >= 11 is 0. The highest BCUT2D eigenvalue weighted by Gasteiger charge is 2.27. The highest BCUT2D eigenvalue weighted by Crippen LogP contribution is 2.26. The zero-order valence-corrected chi connectivity index (χ0v) is 14.1. The summed E-state index contributed by atoms with van der Waals surface area (Å²) < 4.78 is 14.1. The highest BCUT2D eigenvalue weighted by molar-refractivity contribution is 5.92. The molecule has 1 amide bonds. The minimum atomic E-state index is -0.402. The van der Waals surface area contributed by atoms with E-state index in [-0.39, 0.29) is 22.6 Å². The van der Waals surface area contributed by atoms with Crippen molar-refractivity contribution in [2.45, 2.75) is 19.8 Å². The first-order valence-electron chi connectivity index (χ1n) is 8.32. The molecule has 0 atom stereocenters. The lowest BCUT2D eigenvalue weighted by Gasteiger charge is -2.34. The summed E-state index contributed by atoms with van der Waals surface area (Å²) in [6, 6.07) is 8.07. The van der Waals surface area contributed by atoms with Crippen LogP contribution in [-0.2, 0) is 0 Å². The van der Waals surface area contributed by atoms with Crippen LogP contribution in [0.2, 0.25) is 0 Å². The van der Waals surface area contributed by atoms with Crippen LogP contribution in [0.15, 0.2) is 41.2 Å². The second kappa shape index (κ2) is 7.14. The fourth-order valence-electron chi connectivity index (χ4n) is 2.89. The molecule has 0 radical (unpaired) electrons. The van der Waals surface area contributed by atoms with Gasteiger partial charge in [0.25, 0.3) is 11.5 Å². The SMILES string of the molecule is CC1(CNC(=O)c2ccc(=O)n(-c3ccc(F)cc3)n2)CCNCC1. The fourth-order valence-corrected chi connectivity index (χ4v) is 2.89. The number of aromatic nitrogens is 2. The van der Waals surface area contributed by atoms with Crippen molar-refractivity contribution in [1.29, 1.82) is 0 Å². The first-order valence-corrected chi connectivity index (χ1v) is 8.32. The Bertz CT molecular complexity index is 811. The third-order valence-electron chi connectivity index (χ3n) is 4.59. The standard InChI is InChI=1S/C18H21FN4O2/c1-18(8-10-20-11-9-18)12-21-17(25)15-6-7-16(24)23(22-15)14-4-2-13(19)3-5-14/h2-7,20H,8-12H2,1H3,(H,21,25). The van der Waals surface area contributed by atoms with E-state index in [1.807, 2.05) is 0 Å². The molecule has 25 heavy (non-hydrogen) atoms. The van der Waals surface area contributed by atoms with Crippen LogP contribution in [0, 0.1) is 11.2 Å². The molecule has 1 aliphatic rings. The number of amides is 1. The average Bonchev–Trinajstić information content (AvgIpc) is 2.62. The molecular formula is C18H21FN4O2. The topological polar surface area (TPSA) is 76.0 Å². The Labute approximate surface area is 145 Å². The Kier molecular flexibility index (Phi) is 4.94. The van der Waals surface area contributed by atoms with E-state index in [9.17, 15) is 14.0 Å². The van der Waals surface area contributed by atoms with E-state index in [2.05, 4.69) is 22.7 Å². The van der Waals surface area contributed by atoms with Crippen LogP contribution in [0.4, 0.5) is 4.39 Å². The highest BCUT2D eigenvalue weighted by atomic mass is 19.1. The summed E-state index contributed by atoms with van der Waals surface area (Å²) in [5.74, 6) is -0.725. The number of benzene rings is 1. The van der Waals surface area contributed by atoms with Gasteiger partial charge in [-0.25, -0.2) is 4.39 Å². The summed E-state index contributed by atoms with van der Waals surface area (Å²) in [7, 11) is 0. The van der Waals surface area contributed by atoms with Gasteiger partial charge in [0.2, 0.25) is 0 Å². The largest absolute Gasteiger partial charge is 0.350 e. The Morgan fingerprint density at radius 2 is 1.92 bits per heavy atom. The zero-order chi connectivity index (χ0) is 17.9. The van der Waals surface area contributed by atoms with Gasteiger partial charge < -0.3 is 10.6 Å². The van der Waals surface area contributed by atoms with E-state index in [0.29, 0.717) is 12.2 Å². The predicted molar refractivity (Wildman–Crippen MR) is 92.3 cm³/mol. The van der Waals surface area contributed by atoms with Gasteiger partial charge in [-0.2, -0.15) is 9.78 Å². The lowest BCUT2D eigenvalue weighted by molar-refractivity contribution is 0.0915. The summed E-state index contributed by atoms with van der Waals surface area (Å²) in [5, 5.41) is 10.3. The predicted octanol–water partition coefficient (Wildman–Crippen LogP) is 1.49. The molecule has 0 unspecified atom stereocenters. The Morgan fingerprint density at radius 1 is 1.24 bits per heavy atom. The Balaban J connectivity index is 1.76. The molecule has 0 saturated carbocycles. The summed E-state index contributed by atoms with van der Waals surface area (Å²) in [4.78, 5) is 24.4. The van der Waals surface area contributed by atoms with Crippen LogP contribution in [0.1, 0.15) is 30.3 Å². The minimum Gasteiger partial charge on any atom is -0.350 e. The Morgan fingerprint density at radius 3 is 2.60 bits per heavy atom. The van der Waals surface area contributed by atoms with Crippen molar-refractivity contribution in [2.24, 2.45) is 5.41 Å².